The van der Waals surface area contributed by atoms with Crippen LogP contribution in [-0.2, 0) is 27.1 Å². The lowest BCUT2D eigenvalue weighted by atomic mass is 10.1. The third-order valence-electron chi connectivity index (χ3n) is 3.99. The Labute approximate surface area is 167 Å². The van der Waals surface area contributed by atoms with Crippen LogP contribution in [0.15, 0.2) is 42.5 Å². The summed E-state index contributed by atoms with van der Waals surface area (Å²) in [5, 5.41) is 2.80. The number of ether oxygens (including phenoxy) is 1. The van der Waals surface area contributed by atoms with Crippen LogP contribution in [0.2, 0.25) is 0 Å². The van der Waals surface area contributed by atoms with Gasteiger partial charge in [-0.05, 0) is 56.0 Å². The Bertz CT molecular complexity index is 907. The molecule has 0 radical (unpaired) electrons. The van der Waals surface area contributed by atoms with Crippen LogP contribution in [0.25, 0.3) is 0 Å². The Hall–Kier alpha value is -2.38. The van der Waals surface area contributed by atoms with Gasteiger partial charge >= 0.3 is 0 Å². The number of nitrogens with one attached hydrogen (secondary N) is 2. The Morgan fingerprint density at radius 3 is 2.32 bits per heavy atom. The highest BCUT2D eigenvalue weighted by Gasteiger charge is 2.13. The number of carbonyl (C=O) groups excluding carboxylic acids is 1. The van der Waals surface area contributed by atoms with Crippen molar-refractivity contribution >= 4 is 15.9 Å². The van der Waals surface area contributed by atoms with Gasteiger partial charge in [0, 0.05) is 12.6 Å². The Balaban J connectivity index is 1.82. The molecule has 2 aromatic carbocycles. The number of hydrogen-bond acceptors (Lipinski definition) is 4. The summed E-state index contributed by atoms with van der Waals surface area (Å²) in [4.78, 5) is 12.0. The number of carbonyl (C=O) groups is 1. The molecule has 0 saturated heterocycles. The van der Waals surface area contributed by atoms with Crippen molar-refractivity contribution in [3.63, 3.8) is 0 Å². The van der Waals surface area contributed by atoms with Gasteiger partial charge in [-0.15, -0.1) is 0 Å². The van der Waals surface area contributed by atoms with Crippen LogP contribution in [0.1, 0.15) is 36.1 Å². The summed E-state index contributed by atoms with van der Waals surface area (Å²) in [6.07, 6.45) is 0. The summed E-state index contributed by atoms with van der Waals surface area (Å²) in [5.41, 5.74) is 3.64. The smallest absolute Gasteiger partial charge is 0.258 e. The number of amides is 1. The molecule has 0 aliphatic carbocycles. The van der Waals surface area contributed by atoms with Crippen molar-refractivity contribution in [2.45, 2.75) is 46.0 Å². The number of benzene rings is 2. The van der Waals surface area contributed by atoms with Gasteiger partial charge < -0.3 is 10.1 Å². The molecular weight excluding hydrogens is 376 g/mol. The van der Waals surface area contributed by atoms with E-state index in [1.807, 2.05) is 44.2 Å². The molecule has 2 aromatic rings. The van der Waals surface area contributed by atoms with Crippen molar-refractivity contribution in [1.82, 2.24) is 10.0 Å². The zero-order chi connectivity index (χ0) is 20.7. The van der Waals surface area contributed by atoms with Gasteiger partial charge in [-0.3, -0.25) is 4.79 Å². The molecule has 1 amide bonds. The Kier molecular flexibility index (Phi) is 7.60. The first-order valence-corrected chi connectivity index (χ1v) is 10.8. The molecule has 6 nitrogen and oxygen atoms in total. The molecule has 0 aromatic heterocycles. The number of aryl methyl sites for hydroxylation is 2. The van der Waals surface area contributed by atoms with Crippen molar-refractivity contribution in [1.29, 1.82) is 0 Å². The summed E-state index contributed by atoms with van der Waals surface area (Å²) >= 11 is 0. The molecular formula is C21H28N2O4S. The van der Waals surface area contributed by atoms with Crippen LogP contribution in [-0.4, -0.2) is 27.0 Å². The van der Waals surface area contributed by atoms with E-state index in [1.54, 1.807) is 26.0 Å². The molecule has 7 heteroatoms. The minimum Gasteiger partial charge on any atom is -0.483 e. The van der Waals surface area contributed by atoms with E-state index in [9.17, 15) is 13.2 Å². The Morgan fingerprint density at radius 2 is 1.68 bits per heavy atom. The highest BCUT2D eigenvalue weighted by Crippen LogP contribution is 2.18. The largest absolute Gasteiger partial charge is 0.483 e. The molecule has 0 saturated carbocycles. The van der Waals surface area contributed by atoms with E-state index in [0.717, 1.165) is 16.7 Å². The lowest BCUT2D eigenvalue weighted by molar-refractivity contribution is -0.123. The predicted octanol–water partition coefficient (Wildman–Crippen LogP) is 2.83. The molecule has 0 fully saturated rings. The molecule has 0 bridgehead atoms. The van der Waals surface area contributed by atoms with Gasteiger partial charge in [0.2, 0.25) is 10.0 Å². The zero-order valence-corrected chi connectivity index (χ0v) is 17.6. The Morgan fingerprint density at radius 1 is 1.04 bits per heavy atom. The fraction of sp³-hybridized carbons (Fsp3) is 0.381. The lowest BCUT2D eigenvalue weighted by Crippen LogP contribution is -2.31. The maximum absolute atomic E-state index is 12.0. The molecule has 0 atom stereocenters. The van der Waals surface area contributed by atoms with Crippen LogP contribution in [0.5, 0.6) is 5.75 Å². The minimum absolute atomic E-state index is 0.0541. The van der Waals surface area contributed by atoms with Gasteiger partial charge in [-0.1, -0.05) is 36.4 Å². The van der Waals surface area contributed by atoms with Crippen LogP contribution in [0.4, 0.5) is 0 Å². The van der Waals surface area contributed by atoms with Crippen molar-refractivity contribution in [2.24, 2.45) is 0 Å². The fourth-order valence-corrected chi connectivity index (χ4v) is 4.06. The minimum atomic E-state index is -3.35. The van der Waals surface area contributed by atoms with E-state index in [2.05, 4.69) is 10.0 Å². The van der Waals surface area contributed by atoms with E-state index in [-0.39, 0.29) is 24.3 Å². The molecule has 0 aliphatic rings. The van der Waals surface area contributed by atoms with Crippen LogP contribution >= 0.6 is 0 Å². The van der Waals surface area contributed by atoms with Crippen molar-refractivity contribution in [2.75, 3.05) is 6.61 Å². The highest BCUT2D eigenvalue weighted by molar-refractivity contribution is 7.88. The molecule has 0 heterocycles. The van der Waals surface area contributed by atoms with E-state index in [0.29, 0.717) is 17.9 Å². The SMILES string of the molecule is Cc1ccc(C)c(OCC(=O)NCc2ccc(CS(=O)(=O)NC(C)C)cc2)c1. The van der Waals surface area contributed by atoms with E-state index >= 15 is 0 Å². The zero-order valence-electron chi connectivity index (χ0n) is 16.8. The van der Waals surface area contributed by atoms with Gasteiger partial charge in [0.25, 0.3) is 5.91 Å². The molecule has 0 unspecified atom stereocenters. The lowest BCUT2D eigenvalue weighted by Gasteiger charge is -2.11. The van der Waals surface area contributed by atoms with Gasteiger partial charge in [0.1, 0.15) is 5.75 Å². The van der Waals surface area contributed by atoms with E-state index in [1.165, 1.54) is 0 Å². The second-order valence-corrected chi connectivity index (χ2v) is 8.94. The van der Waals surface area contributed by atoms with Gasteiger partial charge in [0.05, 0.1) is 5.75 Å². The van der Waals surface area contributed by atoms with Crippen LogP contribution in [0, 0.1) is 13.8 Å². The molecule has 28 heavy (non-hydrogen) atoms. The maximum Gasteiger partial charge on any atom is 0.258 e. The number of hydrogen-bond donors (Lipinski definition) is 2. The number of rotatable bonds is 9. The van der Waals surface area contributed by atoms with Crippen LogP contribution in [0.3, 0.4) is 0 Å². The maximum atomic E-state index is 12.0. The number of sulfonamides is 1. The first-order valence-electron chi connectivity index (χ1n) is 9.19. The first-order chi connectivity index (χ1) is 13.1. The monoisotopic (exact) mass is 404 g/mol. The average Bonchev–Trinajstić information content (AvgIpc) is 2.60. The van der Waals surface area contributed by atoms with E-state index in [4.69, 9.17) is 4.74 Å². The highest BCUT2D eigenvalue weighted by atomic mass is 32.2. The van der Waals surface area contributed by atoms with Gasteiger partial charge in [0.15, 0.2) is 6.61 Å². The summed E-state index contributed by atoms with van der Waals surface area (Å²) in [6, 6.07) is 12.9. The van der Waals surface area contributed by atoms with Crippen molar-refractivity contribution in [3.05, 3.63) is 64.7 Å². The third-order valence-corrected chi connectivity index (χ3v) is 5.53. The fourth-order valence-electron chi connectivity index (χ4n) is 2.63. The van der Waals surface area contributed by atoms with E-state index < -0.39 is 10.0 Å². The second kappa shape index (κ2) is 9.71. The van der Waals surface area contributed by atoms with Gasteiger partial charge in [-0.2, -0.15) is 0 Å². The topological polar surface area (TPSA) is 84.5 Å². The second-order valence-electron chi connectivity index (χ2n) is 7.18. The molecule has 0 spiro atoms. The molecule has 152 valence electrons. The molecule has 2 rings (SSSR count). The predicted molar refractivity (Wildman–Crippen MR) is 111 cm³/mol. The summed E-state index contributed by atoms with van der Waals surface area (Å²) in [6.45, 7) is 7.78. The average molecular weight is 405 g/mol. The van der Waals surface area contributed by atoms with Gasteiger partial charge in [-0.25, -0.2) is 13.1 Å². The standard InChI is InChI=1S/C21H28N2O4S/c1-15(2)23-28(25,26)14-19-9-7-18(8-10-19)12-22-21(24)13-27-20-11-16(3)5-6-17(20)4/h5-11,15,23H,12-14H2,1-4H3,(H,22,24). The van der Waals surface area contributed by atoms with Crippen molar-refractivity contribution < 1.29 is 17.9 Å². The normalized spacial score (nSPS) is 11.5. The quantitative estimate of drug-likeness (QED) is 0.673. The third kappa shape index (κ3) is 7.32. The van der Waals surface area contributed by atoms with Crippen molar-refractivity contribution in [3.8, 4) is 5.75 Å². The summed E-state index contributed by atoms with van der Waals surface area (Å²) < 4.78 is 32.1. The summed E-state index contributed by atoms with van der Waals surface area (Å²) in [7, 11) is -3.35. The van der Waals surface area contributed by atoms with Crippen LogP contribution < -0.4 is 14.8 Å². The molecule has 0 aliphatic heterocycles. The molecule has 2 N–H and O–H groups in total. The summed E-state index contributed by atoms with van der Waals surface area (Å²) in [5.74, 6) is 0.422. The first kappa shape index (κ1) is 21.9.